The minimum Gasteiger partial charge on any atom is -0.454 e. The van der Waals surface area contributed by atoms with E-state index in [-0.39, 0.29) is 6.79 Å². The van der Waals surface area contributed by atoms with Gasteiger partial charge >= 0.3 is 0 Å². The SMILES string of the molecule is CCNC(=NCc1cc(Br)c2c(c1)OCO2)NCCOC. The van der Waals surface area contributed by atoms with Crippen LogP contribution >= 0.6 is 15.9 Å². The van der Waals surface area contributed by atoms with E-state index in [1.165, 1.54) is 0 Å². The number of benzene rings is 1. The summed E-state index contributed by atoms with van der Waals surface area (Å²) in [6.45, 7) is 5.01. The molecule has 0 unspecified atom stereocenters. The summed E-state index contributed by atoms with van der Waals surface area (Å²) < 4.78 is 16.7. The molecular weight excluding hydrogens is 338 g/mol. The second-order valence-corrected chi connectivity index (χ2v) is 5.28. The van der Waals surface area contributed by atoms with E-state index in [0.29, 0.717) is 19.7 Å². The molecular formula is C14H20BrN3O3. The third kappa shape index (κ3) is 4.50. The molecule has 7 heteroatoms. The van der Waals surface area contributed by atoms with Crippen molar-refractivity contribution in [2.75, 3.05) is 33.6 Å². The van der Waals surface area contributed by atoms with Gasteiger partial charge in [-0.1, -0.05) is 0 Å². The zero-order valence-electron chi connectivity index (χ0n) is 12.2. The van der Waals surface area contributed by atoms with Crippen molar-refractivity contribution in [3.05, 3.63) is 22.2 Å². The number of hydrogen-bond acceptors (Lipinski definition) is 4. The van der Waals surface area contributed by atoms with Gasteiger partial charge in [-0.05, 0) is 40.5 Å². The zero-order valence-corrected chi connectivity index (χ0v) is 13.8. The van der Waals surface area contributed by atoms with Gasteiger partial charge in [0.2, 0.25) is 6.79 Å². The molecule has 1 aliphatic rings. The van der Waals surface area contributed by atoms with Crippen LogP contribution < -0.4 is 20.1 Å². The molecule has 0 atom stereocenters. The van der Waals surface area contributed by atoms with E-state index in [4.69, 9.17) is 14.2 Å². The van der Waals surface area contributed by atoms with Gasteiger partial charge in [0, 0.05) is 20.2 Å². The third-order valence-corrected chi connectivity index (χ3v) is 3.44. The lowest BCUT2D eigenvalue weighted by Gasteiger charge is -2.11. The smallest absolute Gasteiger partial charge is 0.231 e. The highest BCUT2D eigenvalue weighted by molar-refractivity contribution is 9.10. The van der Waals surface area contributed by atoms with E-state index in [1.807, 2.05) is 19.1 Å². The van der Waals surface area contributed by atoms with Crippen molar-refractivity contribution in [1.29, 1.82) is 0 Å². The monoisotopic (exact) mass is 357 g/mol. The molecule has 2 rings (SSSR count). The summed E-state index contributed by atoms with van der Waals surface area (Å²) >= 11 is 3.49. The molecule has 0 radical (unpaired) electrons. The van der Waals surface area contributed by atoms with Crippen LogP contribution in [0.25, 0.3) is 0 Å². The van der Waals surface area contributed by atoms with E-state index in [2.05, 4.69) is 31.6 Å². The summed E-state index contributed by atoms with van der Waals surface area (Å²) in [5.41, 5.74) is 1.05. The number of aliphatic imine (C=N–C) groups is 1. The third-order valence-electron chi connectivity index (χ3n) is 2.85. The summed E-state index contributed by atoms with van der Waals surface area (Å²) in [7, 11) is 1.68. The summed E-state index contributed by atoms with van der Waals surface area (Å²) in [6, 6.07) is 3.95. The first kappa shape index (κ1) is 15.9. The van der Waals surface area contributed by atoms with E-state index >= 15 is 0 Å². The molecule has 0 aliphatic carbocycles. The second-order valence-electron chi connectivity index (χ2n) is 4.43. The largest absolute Gasteiger partial charge is 0.454 e. The van der Waals surface area contributed by atoms with Crippen molar-refractivity contribution in [2.24, 2.45) is 4.99 Å². The Kier molecular flexibility index (Phi) is 6.13. The van der Waals surface area contributed by atoms with Crippen LogP contribution in [-0.4, -0.2) is 39.6 Å². The Morgan fingerprint density at radius 2 is 2.24 bits per heavy atom. The molecule has 2 N–H and O–H groups in total. The molecule has 1 heterocycles. The van der Waals surface area contributed by atoms with Crippen LogP contribution in [0.1, 0.15) is 12.5 Å². The number of halogens is 1. The molecule has 1 aromatic rings. The molecule has 0 bridgehead atoms. The van der Waals surface area contributed by atoms with Crippen molar-refractivity contribution in [3.63, 3.8) is 0 Å². The van der Waals surface area contributed by atoms with E-state index in [0.717, 1.165) is 34.0 Å². The van der Waals surface area contributed by atoms with Crippen LogP contribution in [0.4, 0.5) is 0 Å². The topological polar surface area (TPSA) is 64.1 Å². The maximum atomic E-state index is 5.41. The van der Waals surface area contributed by atoms with Crippen molar-refractivity contribution < 1.29 is 14.2 Å². The fourth-order valence-corrected chi connectivity index (χ4v) is 2.50. The number of nitrogens with zero attached hydrogens (tertiary/aromatic N) is 1. The first-order valence-corrected chi connectivity index (χ1v) is 7.63. The van der Waals surface area contributed by atoms with Gasteiger partial charge in [0.1, 0.15) is 0 Å². The fourth-order valence-electron chi connectivity index (χ4n) is 1.90. The molecule has 0 fully saturated rings. The average molecular weight is 358 g/mol. The normalized spacial score (nSPS) is 13.4. The summed E-state index contributed by atoms with van der Waals surface area (Å²) in [5.74, 6) is 2.28. The molecule has 0 saturated carbocycles. The molecule has 116 valence electrons. The van der Waals surface area contributed by atoms with E-state index in [9.17, 15) is 0 Å². The summed E-state index contributed by atoms with van der Waals surface area (Å²) in [5, 5.41) is 6.40. The lowest BCUT2D eigenvalue weighted by molar-refractivity contribution is 0.173. The van der Waals surface area contributed by atoms with Crippen molar-refractivity contribution in [1.82, 2.24) is 10.6 Å². The van der Waals surface area contributed by atoms with Gasteiger partial charge in [-0.3, -0.25) is 0 Å². The van der Waals surface area contributed by atoms with Crippen LogP contribution in [0.3, 0.4) is 0 Å². The number of hydrogen-bond donors (Lipinski definition) is 2. The van der Waals surface area contributed by atoms with Gasteiger partial charge in [0.15, 0.2) is 17.5 Å². The van der Waals surface area contributed by atoms with E-state index in [1.54, 1.807) is 7.11 Å². The molecule has 21 heavy (non-hydrogen) atoms. The number of rotatable bonds is 6. The maximum absolute atomic E-state index is 5.41. The van der Waals surface area contributed by atoms with Crippen molar-refractivity contribution >= 4 is 21.9 Å². The standard InChI is InChI=1S/C14H20BrN3O3/c1-3-16-14(17-4-5-19-2)18-8-10-6-11(15)13-12(7-10)20-9-21-13/h6-7H,3-5,8-9H2,1-2H3,(H2,16,17,18). The van der Waals surface area contributed by atoms with Crippen molar-refractivity contribution in [2.45, 2.75) is 13.5 Å². The molecule has 1 aliphatic heterocycles. The van der Waals surface area contributed by atoms with Gasteiger partial charge in [0.05, 0.1) is 17.6 Å². The first-order valence-electron chi connectivity index (χ1n) is 6.83. The molecule has 0 aromatic heterocycles. The van der Waals surface area contributed by atoms with E-state index < -0.39 is 0 Å². The van der Waals surface area contributed by atoms with Gasteiger partial charge in [-0.25, -0.2) is 4.99 Å². The van der Waals surface area contributed by atoms with Crippen LogP contribution in [0.15, 0.2) is 21.6 Å². The minimum absolute atomic E-state index is 0.266. The number of guanidine groups is 1. The van der Waals surface area contributed by atoms with Crippen molar-refractivity contribution in [3.8, 4) is 11.5 Å². The number of fused-ring (bicyclic) bond motifs is 1. The highest BCUT2D eigenvalue weighted by Gasteiger charge is 2.17. The zero-order chi connectivity index (χ0) is 15.1. The molecule has 0 saturated heterocycles. The Morgan fingerprint density at radius 1 is 1.38 bits per heavy atom. The Balaban J connectivity index is 2.01. The van der Waals surface area contributed by atoms with Crippen LogP contribution in [-0.2, 0) is 11.3 Å². The lowest BCUT2D eigenvalue weighted by Crippen LogP contribution is -2.38. The Labute approximate surface area is 133 Å². The minimum atomic E-state index is 0.266. The Bertz CT molecular complexity index is 508. The van der Waals surface area contributed by atoms with Gasteiger partial charge in [-0.15, -0.1) is 0 Å². The second kappa shape index (κ2) is 8.09. The van der Waals surface area contributed by atoms with Crippen LogP contribution in [0, 0.1) is 0 Å². The highest BCUT2D eigenvalue weighted by atomic mass is 79.9. The predicted octanol–water partition coefficient (Wildman–Crippen LogP) is 1.88. The predicted molar refractivity (Wildman–Crippen MR) is 85.0 cm³/mol. The Morgan fingerprint density at radius 3 is 3.00 bits per heavy atom. The Hall–Kier alpha value is -1.47. The molecule has 0 spiro atoms. The van der Waals surface area contributed by atoms with Crippen LogP contribution in [0.5, 0.6) is 11.5 Å². The summed E-state index contributed by atoms with van der Waals surface area (Å²) in [6.07, 6.45) is 0. The lowest BCUT2D eigenvalue weighted by atomic mass is 10.2. The average Bonchev–Trinajstić information content (AvgIpc) is 2.94. The highest BCUT2D eigenvalue weighted by Crippen LogP contribution is 2.40. The van der Waals surface area contributed by atoms with Gasteiger partial charge in [0.25, 0.3) is 0 Å². The number of nitrogens with one attached hydrogen (secondary N) is 2. The van der Waals surface area contributed by atoms with Gasteiger partial charge < -0.3 is 24.8 Å². The molecule has 0 amide bonds. The number of ether oxygens (including phenoxy) is 3. The maximum Gasteiger partial charge on any atom is 0.231 e. The first-order chi connectivity index (χ1) is 10.2. The molecule has 6 nitrogen and oxygen atoms in total. The summed E-state index contributed by atoms with van der Waals surface area (Å²) in [4.78, 5) is 4.54. The fraction of sp³-hybridized carbons (Fsp3) is 0.500. The molecule has 1 aromatic carbocycles. The quantitative estimate of drug-likeness (QED) is 0.462. The van der Waals surface area contributed by atoms with Gasteiger partial charge in [-0.2, -0.15) is 0 Å². The number of methoxy groups -OCH3 is 1. The van der Waals surface area contributed by atoms with Crippen LogP contribution in [0.2, 0.25) is 0 Å².